The zero-order valence-electron chi connectivity index (χ0n) is 20.7. The summed E-state index contributed by atoms with van der Waals surface area (Å²) in [6.07, 6.45) is 0. The molecule has 0 bridgehead atoms. The van der Waals surface area contributed by atoms with E-state index in [1.807, 2.05) is 0 Å². The molecule has 0 radical (unpaired) electrons. The first kappa shape index (κ1) is 23.3. The Morgan fingerprint density at radius 1 is 0.714 bits per heavy atom. The molecule has 0 spiro atoms. The van der Waals surface area contributed by atoms with Crippen molar-refractivity contribution in [1.82, 2.24) is 4.90 Å². The average Bonchev–Trinajstić information content (AvgIpc) is 2.89. The molecule has 0 unspecified atom stereocenters. The molecule has 5 rings (SSSR count). The Bertz CT molecular complexity index is 1130. The summed E-state index contributed by atoms with van der Waals surface area (Å²) in [6, 6.07) is 41.0. The number of benzene rings is 4. The topological polar surface area (TPSA) is 24.5 Å². The summed E-state index contributed by atoms with van der Waals surface area (Å²) in [5, 5.41) is 4.05. The highest BCUT2D eigenvalue weighted by atomic mass is 16.5. The van der Waals surface area contributed by atoms with Crippen LogP contribution < -0.4 is 5.32 Å². The van der Waals surface area contributed by atoms with Crippen molar-refractivity contribution in [3.05, 3.63) is 138 Å². The molecule has 178 valence electrons. The average molecular weight is 463 g/mol. The minimum absolute atomic E-state index is 0.155. The summed E-state index contributed by atoms with van der Waals surface area (Å²) in [4.78, 5) is 2.40. The van der Waals surface area contributed by atoms with Crippen molar-refractivity contribution in [3.8, 4) is 0 Å². The first-order valence-corrected chi connectivity index (χ1v) is 12.4. The van der Waals surface area contributed by atoms with Gasteiger partial charge in [-0.25, -0.2) is 0 Å². The molecular weight excluding hydrogens is 428 g/mol. The maximum absolute atomic E-state index is 5.92. The Morgan fingerprint density at radius 3 is 1.71 bits per heavy atom. The zero-order chi connectivity index (χ0) is 24.1. The number of nitrogens with one attached hydrogen (secondary N) is 1. The van der Waals surface area contributed by atoms with Crippen LogP contribution in [-0.4, -0.2) is 24.8 Å². The summed E-state index contributed by atoms with van der Waals surface area (Å²) < 4.78 is 5.92. The molecule has 4 aromatic rings. The standard InChI is InChI=1S/C32H34N2O/c1-31(2)23-34(25-35-24-31)22-26-14-12-13-21-30(26)33-32(27-15-6-3-7-16-27,28-17-8-4-9-18-28)29-19-10-5-11-20-29/h3-21,33H,22-25H2,1-2H3. The smallest absolute Gasteiger partial charge is 0.114 e. The molecule has 0 aromatic heterocycles. The normalized spacial score (nSPS) is 16.1. The van der Waals surface area contributed by atoms with Gasteiger partial charge in [-0.3, -0.25) is 4.90 Å². The van der Waals surface area contributed by atoms with E-state index in [2.05, 4.69) is 139 Å². The maximum Gasteiger partial charge on any atom is 0.114 e. The van der Waals surface area contributed by atoms with Gasteiger partial charge in [0.2, 0.25) is 0 Å². The number of ether oxygens (including phenoxy) is 1. The first-order chi connectivity index (χ1) is 17.1. The number of para-hydroxylation sites is 1. The third-order valence-electron chi connectivity index (χ3n) is 6.77. The maximum atomic E-state index is 5.92. The molecule has 1 fully saturated rings. The van der Waals surface area contributed by atoms with E-state index in [0.717, 1.165) is 25.4 Å². The number of anilines is 1. The summed E-state index contributed by atoms with van der Waals surface area (Å²) >= 11 is 0. The molecule has 1 N–H and O–H groups in total. The van der Waals surface area contributed by atoms with E-state index in [9.17, 15) is 0 Å². The number of hydrogen-bond acceptors (Lipinski definition) is 3. The lowest BCUT2D eigenvalue weighted by atomic mass is 9.76. The molecule has 0 amide bonds. The van der Waals surface area contributed by atoms with Crippen molar-refractivity contribution in [2.75, 3.05) is 25.2 Å². The Labute approximate surface area is 209 Å². The summed E-state index contributed by atoms with van der Waals surface area (Å²) in [5.41, 5.74) is 5.62. The van der Waals surface area contributed by atoms with Gasteiger partial charge in [-0.05, 0) is 28.3 Å². The van der Waals surface area contributed by atoms with Crippen LogP contribution in [0, 0.1) is 5.41 Å². The van der Waals surface area contributed by atoms with Crippen molar-refractivity contribution >= 4 is 5.69 Å². The second kappa shape index (κ2) is 10.1. The van der Waals surface area contributed by atoms with Gasteiger partial charge in [-0.1, -0.05) is 123 Å². The van der Waals surface area contributed by atoms with Gasteiger partial charge in [0.05, 0.1) is 13.3 Å². The minimum atomic E-state index is -0.544. The van der Waals surface area contributed by atoms with Crippen molar-refractivity contribution in [1.29, 1.82) is 0 Å². The molecule has 4 aromatic carbocycles. The van der Waals surface area contributed by atoms with Crippen LogP contribution >= 0.6 is 0 Å². The van der Waals surface area contributed by atoms with Gasteiger partial charge >= 0.3 is 0 Å². The predicted octanol–water partition coefficient (Wildman–Crippen LogP) is 6.91. The quantitative estimate of drug-likeness (QED) is 0.302. The molecule has 1 saturated heterocycles. The molecule has 35 heavy (non-hydrogen) atoms. The van der Waals surface area contributed by atoms with Gasteiger partial charge in [0, 0.05) is 24.2 Å². The van der Waals surface area contributed by atoms with Gasteiger partial charge < -0.3 is 10.1 Å². The predicted molar refractivity (Wildman–Crippen MR) is 144 cm³/mol. The second-order valence-corrected chi connectivity index (χ2v) is 10.3. The van der Waals surface area contributed by atoms with Crippen molar-refractivity contribution in [3.63, 3.8) is 0 Å². The van der Waals surface area contributed by atoms with Crippen LogP contribution in [0.5, 0.6) is 0 Å². The molecule has 1 aliphatic rings. The Balaban J connectivity index is 1.62. The number of rotatable bonds is 7. The fourth-order valence-corrected chi connectivity index (χ4v) is 5.25. The molecule has 0 saturated carbocycles. The monoisotopic (exact) mass is 462 g/mol. The van der Waals surface area contributed by atoms with Crippen LogP contribution in [0.1, 0.15) is 36.1 Å². The molecule has 0 atom stereocenters. The van der Waals surface area contributed by atoms with E-state index in [-0.39, 0.29) is 5.41 Å². The van der Waals surface area contributed by atoms with Crippen LogP contribution in [0.2, 0.25) is 0 Å². The summed E-state index contributed by atoms with van der Waals surface area (Å²) in [6.45, 7) is 7.87. The van der Waals surface area contributed by atoms with Gasteiger partial charge in [-0.15, -0.1) is 0 Å². The third kappa shape index (κ3) is 5.02. The van der Waals surface area contributed by atoms with Crippen LogP contribution in [0.25, 0.3) is 0 Å². The lowest BCUT2D eigenvalue weighted by Crippen LogP contribution is -2.44. The van der Waals surface area contributed by atoms with Crippen molar-refractivity contribution < 1.29 is 4.74 Å². The van der Waals surface area contributed by atoms with Crippen LogP contribution in [0.15, 0.2) is 115 Å². The lowest BCUT2D eigenvalue weighted by Gasteiger charge is -2.40. The van der Waals surface area contributed by atoms with E-state index in [0.29, 0.717) is 6.73 Å². The molecule has 1 heterocycles. The number of hydrogen-bond donors (Lipinski definition) is 1. The molecule has 3 heteroatoms. The summed E-state index contributed by atoms with van der Waals surface area (Å²) in [5.74, 6) is 0. The number of nitrogens with zero attached hydrogens (tertiary/aromatic N) is 1. The third-order valence-corrected chi connectivity index (χ3v) is 6.77. The van der Waals surface area contributed by atoms with Gasteiger partial charge in [0.1, 0.15) is 5.54 Å². The van der Waals surface area contributed by atoms with Crippen LogP contribution in [0.4, 0.5) is 5.69 Å². The van der Waals surface area contributed by atoms with Gasteiger partial charge in [0.25, 0.3) is 0 Å². The van der Waals surface area contributed by atoms with Crippen molar-refractivity contribution in [2.24, 2.45) is 5.41 Å². The van der Waals surface area contributed by atoms with Gasteiger partial charge in [0.15, 0.2) is 0 Å². The first-order valence-electron chi connectivity index (χ1n) is 12.4. The Hall–Kier alpha value is -3.40. The molecule has 1 aliphatic heterocycles. The second-order valence-electron chi connectivity index (χ2n) is 10.3. The molecule has 0 aliphatic carbocycles. The minimum Gasteiger partial charge on any atom is -0.368 e. The Kier molecular flexibility index (Phi) is 6.72. The van der Waals surface area contributed by atoms with Gasteiger partial charge in [-0.2, -0.15) is 0 Å². The van der Waals surface area contributed by atoms with E-state index in [1.165, 1.54) is 22.3 Å². The fourth-order valence-electron chi connectivity index (χ4n) is 5.25. The van der Waals surface area contributed by atoms with E-state index in [4.69, 9.17) is 4.74 Å². The molecular formula is C32H34N2O. The van der Waals surface area contributed by atoms with Crippen LogP contribution in [0.3, 0.4) is 0 Å². The highest BCUT2D eigenvalue weighted by Gasteiger charge is 2.37. The Morgan fingerprint density at radius 2 is 1.20 bits per heavy atom. The fraction of sp³-hybridized carbons (Fsp3) is 0.250. The largest absolute Gasteiger partial charge is 0.368 e. The highest BCUT2D eigenvalue weighted by molar-refractivity contribution is 5.62. The van der Waals surface area contributed by atoms with E-state index in [1.54, 1.807) is 0 Å². The van der Waals surface area contributed by atoms with Crippen molar-refractivity contribution in [2.45, 2.75) is 25.9 Å². The zero-order valence-corrected chi connectivity index (χ0v) is 20.7. The molecule has 3 nitrogen and oxygen atoms in total. The summed E-state index contributed by atoms with van der Waals surface area (Å²) in [7, 11) is 0. The van der Waals surface area contributed by atoms with E-state index < -0.39 is 5.54 Å². The SMILES string of the molecule is CC1(C)COCN(Cc2ccccc2NC(c2ccccc2)(c2ccccc2)c2ccccc2)C1. The highest BCUT2D eigenvalue weighted by Crippen LogP contribution is 2.41. The lowest BCUT2D eigenvalue weighted by molar-refractivity contribution is -0.0814. The van der Waals surface area contributed by atoms with E-state index >= 15 is 0 Å². The van der Waals surface area contributed by atoms with Crippen LogP contribution in [-0.2, 0) is 16.8 Å².